The summed E-state index contributed by atoms with van der Waals surface area (Å²) in [5.74, 6) is 0.117. The fourth-order valence-electron chi connectivity index (χ4n) is 2.07. The number of nitro benzene ring substituents is 1. The van der Waals surface area contributed by atoms with E-state index >= 15 is 0 Å². The highest BCUT2D eigenvalue weighted by Crippen LogP contribution is 2.22. The fraction of sp³-hybridized carbons (Fsp3) is 0. The van der Waals surface area contributed by atoms with Gasteiger partial charge >= 0.3 is 0 Å². The molecule has 2 aromatic carbocycles. The minimum absolute atomic E-state index is 0.105. The quantitative estimate of drug-likeness (QED) is 0.557. The molecular weight excluding hydrogens is 334 g/mol. The van der Waals surface area contributed by atoms with Gasteiger partial charge in [0.1, 0.15) is 6.33 Å². The summed E-state index contributed by atoms with van der Waals surface area (Å²) in [4.78, 5) is 26.5. The molecule has 1 aromatic heterocycles. The molecule has 8 nitrogen and oxygen atoms in total. The van der Waals surface area contributed by atoms with E-state index in [1.165, 1.54) is 24.5 Å². The van der Waals surface area contributed by atoms with Gasteiger partial charge in [-0.05, 0) is 30.3 Å². The molecule has 0 spiro atoms. The molecule has 0 atom stereocenters. The third-order valence-corrected chi connectivity index (χ3v) is 3.40. The van der Waals surface area contributed by atoms with E-state index in [4.69, 9.17) is 11.6 Å². The van der Waals surface area contributed by atoms with Gasteiger partial charge in [-0.2, -0.15) is 5.10 Å². The Balaban J connectivity index is 1.79. The number of benzene rings is 2. The van der Waals surface area contributed by atoms with E-state index in [9.17, 15) is 14.9 Å². The van der Waals surface area contributed by atoms with Crippen LogP contribution in [0.4, 0.5) is 11.4 Å². The van der Waals surface area contributed by atoms with Crippen LogP contribution in [0.5, 0.6) is 0 Å². The molecule has 9 heteroatoms. The number of non-ortho nitro benzene ring substituents is 1. The molecule has 1 amide bonds. The number of carbonyl (C=O) groups is 1. The second-order valence-corrected chi connectivity index (χ2v) is 5.26. The molecule has 0 saturated heterocycles. The van der Waals surface area contributed by atoms with Crippen LogP contribution >= 0.6 is 11.6 Å². The summed E-state index contributed by atoms with van der Waals surface area (Å²) in [6.45, 7) is 0. The molecule has 0 saturated carbocycles. The summed E-state index contributed by atoms with van der Waals surface area (Å²) in [5.41, 5.74) is 1.21. The second-order valence-electron chi connectivity index (χ2n) is 4.82. The minimum Gasteiger partial charge on any atom is -0.322 e. The lowest BCUT2D eigenvalue weighted by atomic mass is 10.1. The van der Waals surface area contributed by atoms with Crippen molar-refractivity contribution in [3.05, 3.63) is 69.5 Å². The third kappa shape index (κ3) is 3.39. The van der Waals surface area contributed by atoms with Crippen molar-refractivity contribution < 1.29 is 9.72 Å². The lowest BCUT2D eigenvalue weighted by Crippen LogP contribution is -2.12. The number of nitro groups is 1. The number of nitrogens with zero attached hydrogens (tertiary/aromatic N) is 3. The van der Waals surface area contributed by atoms with Gasteiger partial charge < -0.3 is 5.32 Å². The molecule has 2 N–H and O–H groups in total. The van der Waals surface area contributed by atoms with Crippen LogP contribution in [0.25, 0.3) is 11.4 Å². The van der Waals surface area contributed by atoms with Gasteiger partial charge in [-0.1, -0.05) is 11.6 Å². The highest BCUT2D eigenvalue weighted by atomic mass is 35.5. The van der Waals surface area contributed by atoms with E-state index in [0.29, 0.717) is 11.5 Å². The number of nitrogens with one attached hydrogen (secondary N) is 2. The molecule has 0 radical (unpaired) electrons. The number of rotatable bonds is 4. The van der Waals surface area contributed by atoms with E-state index in [-0.39, 0.29) is 16.3 Å². The zero-order valence-electron chi connectivity index (χ0n) is 12.1. The van der Waals surface area contributed by atoms with Crippen molar-refractivity contribution in [1.82, 2.24) is 15.2 Å². The number of carbonyl (C=O) groups excluding carboxylic acids is 1. The third-order valence-electron chi connectivity index (χ3n) is 3.19. The molecule has 120 valence electrons. The van der Waals surface area contributed by atoms with Crippen molar-refractivity contribution in [2.24, 2.45) is 0 Å². The Hall–Kier alpha value is -3.26. The summed E-state index contributed by atoms with van der Waals surface area (Å²) >= 11 is 5.82. The van der Waals surface area contributed by atoms with Gasteiger partial charge in [0, 0.05) is 34.0 Å². The summed E-state index contributed by atoms with van der Waals surface area (Å²) in [7, 11) is 0. The number of halogens is 1. The van der Waals surface area contributed by atoms with Gasteiger partial charge in [0.05, 0.1) is 4.92 Å². The first kappa shape index (κ1) is 15.6. The van der Waals surface area contributed by atoms with Crippen molar-refractivity contribution in [2.75, 3.05) is 5.32 Å². The molecule has 0 aliphatic carbocycles. The number of hydrogen-bond donors (Lipinski definition) is 2. The highest BCUT2D eigenvalue weighted by molar-refractivity contribution is 6.31. The van der Waals surface area contributed by atoms with Crippen LogP contribution in [0, 0.1) is 10.1 Å². The van der Waals surface area contributed by atoms with Crippen LogP contribution in [0.15, 0.2) is 48.8 Å². The maximum absolute atomic E-state index is 12.2. The summed E-state index contributed by atoms with van der Waals surface area (Å²) in [6.07, 6.45) is 1.40. The maximum atomic E-state index is 12.2. The van der Waals surface area contributed by atoms with Crippen LogP contribution < -0.4 is 5.32 Å². The predicted octanol–water partition coefficient (Wildman–Crippen LogP) is 3.29. The Bertz CT molecular complexity index is 894. The Labute approximate surface area is 140 Å². The SMILES string of the molecule is O=C(Nc1ccc(-c2ncn[nH]2)cc1)c1cc(Cl)cc([N+](=O)[O-])c1. The first-order valence-corrected chi connectivity index (χ1v) is 7.13. The number of amides is 1. The first-order valence-electron chi connectivity index (χ1n) is 6.75. The summed E-state index contributed by atoms with van der Waals surface area (Å²) in [5, 5.41) is 20.1. The van der Waals surface area contributed by atoms with E-state index in [2.05, 4.69) is 20.5 Å². The smallest absolute Gasteiger partial charge is 0.271 e. The predicted molar refractivity (Wildman–Crippen MR) is 87.9 cm³/mol. The van der Waals surface area contributed by atoms with Crippen molar-refractivity contribution >= 4 is 28.9 Å². The molecular formula is C15H10ClN5O3. The maximum Gasteiger partial charge on any atom is 0.271 e. The molecule has 0 fully saturated rings. The fourth-order valence-corrected chi connectivity index (χ4v) is 2.30. The lowest BCUT2D eigenvalue weighted by Gasteiger charge is -2.06. The largest absolute Gasteiger partial charge is 0.322 e. The van der Waals surface area contributed by atoms with Gasteiger partial charge in [0.25, 0.3) is 11.6 Å². The van der Waals surface area contributed by atoms with Crippen molar-refractivity contribution in [3.8, 4) is 11.4 Å². The first-order chi connectivity index (χ1) is 11.5. The molecule has 0 bridgehead atoms. The Morgan fingerprint density at radius 3 is 2.58 bits per heavy atom. The molecule has 24 heavy (non-hydrogen) atoms. The normalized spacial score (nSPS) is 10.4. The average molecular weight is 344 g/mol. The average Bonchev–Trinajstić information content (AvgIpc) is 3.09. The van der Waals surface area contributed by atoms with Crippen molar-refractivity contribution in [1.29, 1.82) is 0 Å². The highest BCUT2D eigenvalue weighted by Gasteiger charge is 2.14. The molecule has 3 rings (SSSR count). The number of H-pyrrole nitrogens is 1. The molecule has 0 aliphatic heterocycles. The van der Waals surface area contributed by atoms with E-state index < -0.39 is 10.8 Å². The standard InChI is InChI=1S/C15H10ClN5O3/c16-11-5-10(6-13(7-11)21(23)24)15(22)19-12-3-1-9(2-4-12)14-17-8-18-20-14/h1-8H,(H,19,22)(H,17,18,20). The molecule has 1 heterocycles. The summed E-state index contributed by atoms with van der Waals surface area (Å²) < 4.78 is 0. The van der Waals surface area contributed by atoms with Gasteiger partial charge in [-0.15, -0.1) is 0 Å². The number of aromatic nitrogens is 3. The second kappa shape index (κ2) is 6.47. The van der Waals surface area contributed by atoms with Gasteiger partial charge in [-0.25, -0.2) is 4.98 Å². The van der Waals surface area contributed by atoms with E-state index in [1.54, 1.807) is 24.3 Å². The molecule has 0 unspecified atom stereocenters. The van der Waals surface area contributed by atoms with Crippen LogP contribution in [0.1, 0.15) is 10.4 Å². The zero-order valence-corrected chi connectivity index (χ0v) is 12.8. The number of aromatic amines is 1. The number of anilines is 1. The summed E-state index contributed by atoms with van der Waals surface area (Å²) in [6, 6.07) is 10.6. The van der Waals surface area contributed by atoms with Gasteiger partial charge in [-0.3, -0.25) is 20.0 Å². The van der Waals surface area contributed by atoms with Crippen LogP contribution in [0.2, 0.25) is 5.02 Å². The van der Waals surface area contributed by atoms with Crippen molar-refractivity contribution in [2.45, 2.75) is 0 Å². The molecule has 3 aromatic rings. The minimum atomic E-state index is -0.602. The van der Waals surface area contributed by atoms with Crippen LogP contribution in [0.3, 0.4) is 0 Å². The Morgan fingerprint density at radius 1 is 1.21 bits per heavy atom. The van der Waals surface area contributed by atoms with Crippen LogP contribution in [-0.2, 0) is 0 Å². The van der Waals surface area contributed by atoms with E-state index in [0.717, 1.165) is 5.56 Å². The zero-order chi connectivity index (χ0) is 17.1. The number of hydrogen-bond acceptors (Lipinski definition) is 5. The Morgan fingerprint density at radius 2 is 1.96 bits per heavy atom. The Kier molecular flexibility index (Phi) is 4.21. The van der Waals surface area contributed by atoms with Crippen LogP contribution in [-0.4, -0.2) is 26.0 Å². The lowest BCUT2D eigenvalue weighted by molar-refractivity contribution is -0.384. The molecule has 0 aliphatic rings. The van der Waals surface area contributed by atoms with Crippen molar-refractivity contribution in [3.63, 3.8) is 0 Å². The monoisotopic (exact) mass is 343 g/mol. The van der Waals surface area contributed by atoms with Gasteiger partial charge in [0.15, 0.2) is 5.82 Å². The van der Waals surface area contributed by atoms with E-state index in [1.807, 2.05) is 0 Å². The van der Waals surface area contributed by atoms with Gasteiger partial charge in [0.2, 0.25) is 0 Å². The topological polar surface area (TPSA) is 114 Å².